The van der Waals surface area contributed by atoms with Gasteiger partial charge < -0.3 is 0 Å². The van der Waals surface area contributed by atoms with E-state index in [2.05, 4.69) is 39.6 Å². The maximum Gasteiger partial charge on any atom is 0.0410 e. The normalized spacial score (nSPS) is 10.4. The minimum absolute atomic E-state index is 1.09. The van der Waals surface area contributed by atoms with Crippen molar-refractivity contribution in [3.8, 4) is 0 Å². The largest absolute Gasteiger partial charge is 0.258 e. The van der Waals surface area contributed by atoms with Gasteiger partial charge in [0.2, 0.25) is 0 Å². The Hall–Kier alpha value is -0.850. The average Bonchev–Trinajstić information content (AvgIpc) is 2.01. The van der Waals surface area contributed by atoms with E-state index in [1.807, 2.05) is 0 Å². The summed E-state index contributed by atoms with van der Waals surface area (Å²) < 4.78 is 0. The second kappa shape index (κ2) is 3.26. The van der Waals surface area contributed by atoms with Gasteiger partial charge in [0.1, 0.15) is 0 Å². The molecule has 1 aromatic rings. The van der Waals surface area contributed by atoms with Crippen LogP contribution in [0.2, 0.25) is 0 Å². The highest BCUT2D eigenvalue weighted by atomic mass is 14.7. The van der Waals surface area contributed by atoms with E-state index >= 15 is 0 Å². The van der Waals surface area contributed by atoms with E-state index in [1.54, 1.807) is 0 Å². The fourth-order valence-electron chi connectivity index (χ4n) is 1.69. The summed E-state index contributed by atoms with van der Waals surface area (Å²) in [7, 11) is 0. The zero-order valence-electron chi connectivity index (χ0n) is 8.65. The van der Waals surface area contributed by atoms with Gasteiger partial charge in [0.25, 0.3) is 0 Å². The van der Waals surface area contributed by atoms with Gasteiger partial charge in [0, 0.05) is 11.4 Å². The molecule has 0 aromatic carbocycles. The Labute approximate surface area is 74.8 Å². The Balaban J connectivity index is 3.40. The number of rotatable bonds is 1. The molecule has 1 rings (SSSR count). The summed E-state index contributed by atoms with van der Waals surface area (Å²) in [6.07, 6.45) is 1.09. The lowest BCUT2D eigenvalue weighted by Gasteiger charge is -2.11. The maximum absolute atomic E-state index is 4.50. The van der Waals surface area contributed by atoms with Gasteiger partial charge >= 0.3 is 0 Å². The molecule has 1 aromatic heterocycles. The molecule has 0 aliphatic heterocycles. The van der Waals surface area contributed by atoms with Gasteiger partial charge in [0.05, 0.1) is 0 Å². The van der Waals surface area contributed by atoms with Crippen molar-refractivity contribution < 1.29 is 0 Å². The standard InChI is InChI=1S/C11H17N/c1-6-11-8(3)7(2)9(4)12-10(11)5/h6H2,1-5H3. The van der Waals surface area contributed by atoms with E-state index in [4.69, 9.17) is 0 Å². The first kappa shape index (κ1) is 9.24. The average molecular weight is 163 g/mol. The molecule has 0 aliphatic rings. The molecule has 1 heteroatoms. The molecule has 66 valence electrons. The lowest BCUT2D eigenvalue weighted by molar-refractivity contribution is 0.975. The quantitative estimate of drug-likeness (QED) is 0.620. The number of hydrogen-bond acceptors (Lipinski definition) is 1. The van der Waals surface area contributed by atoms with Gasteiger partial charge in [0.15, 0.2) is 0 Å². The van der Waals surface area contributed by atoms with E-state index in [9.17, 15) is 0 Å². The minimum Gasteiger partial charge on any atom is -0.258 e. The molecule has 1 heterocycles. The van der Waals surface area contributed by atoms with Crippen molar-refractivity contribution in [2.75, 3.05) is 0 Å². The van der Waals surface area contributed by atoms with Crippen molar-refractivity contribution in [1.82, 2.24) is 4.98 Å². The highest BCUT2D eigenvalue weighted by Gasteiger charge is 2.06. The number of nitrogens with zero attached hydrogens (tertiary/aromatic N) is 1. The summed E-state index contributed by atoms with van der Waals surface area (Å²) in [4.78, 5) is 4.50. The first-order valence-corrected chi connectivity index (χ1v) is 4.51. The lowest BCUT2D eigenvalue weighted by Crippen LogP contribution is -2.01. The molecule has 0 bridgehead atoms. The molecule has 0 N–H and O–H groups in total. The van der Waals surface area contributed by atoms with Crippen LogP contribution in [0.15, 0.2) is 0 Å². The number of pyridine rings is 1. The maximum atomic E-state index is 4.50. The Morgan fingerprint density at radius 3 is 2.00 bits per heavy atom. The molecule has 0 aliphatic carbocycles. The van der Waals surface area contributed by atoms with E-state index in [0.717, 1.165) is 6.42 Å². The number of hydrogen-bond donors (Lipinski definition) is 0. The Bertz CT molecular complexity index is 300. The van der Waals surface area contributed by atoms with E-state index in [1.165, 1.54) is 28.1 Å². The summed E-state index contributed by atoms with van der Waals surface area (Å²) in [6, 6.07) is 0. The molecule has 12 heavy (non-hydrogen) atoms. The summed E-state index contributed by atoms with van der Waals surface area (Å²) in [5, 5.41) is 0. The number of aryl methyl sites for hydroxylation is 2. The molecule has 0 spiro atoms. The molecular formula is C11H17N. The zero-order valence-corrected chi connectivity index (χ0v) is 8.65. The fraction of sp³-hybridized carbons (Fsp3) is 0.545. The van der Waals surface area contributed by atoms with Crippen molar-refractivity contribution in [2.45, 2.75) is 41.0 Å². The van der Waals surface area contributed by atoms with Crippen LogP contribution in [0.1, 0.15) is 35.0 Å². The van der Waals surface area contributed by atoms with Crippen molar-refractivity contribution >= 4 is 0 Å². The van der Waals surface area contributed by atoms with Gasteiger partial charge in [-0.1, -0.05) is 6.92 Å². The predicted octanol–water partition coefficient (Wildman–Crippen LogP) is 2.88. The van der Waals surface area contributed by atoms with Crippen LogP contribution in [0.5, 0.6) is 0 Å². The van der Waals surface area contributed by atoms with Crippen LogP contribution < -0.4 is 0 Å². The first-order valence-electron chi connectivity index (χ1n) is 4.51. The molecule has 1 nitrogen and oxygen atoms in total. The van der Waals surface area contributed by atoms with E-state index in [-0.39, 0.29) is 0 Å². The molecule has 0 amide bonds. The van der Waals surface area contributed by atoms with Crippen LogP contribution in [-0.2, 0) is 6.42 Å². The molecule has 0 saturated heterocycles. The molecule has 0 saturated carbocycles. The van der Waals surface area contributed by atoms with Gasteiger partial charge in [-0.25, -0.2) is 0 Å². The Morgan fingerprint density at radius 2 is 1.50 bits per heavy atom. The van der Waals surface area contributed by atoms with Crippen LogP contribution in [0.4, 0.5) is 0 Å². The Kier molecular flexibility index (Phi) is 2.51. The molecule has 0 unspecified atom stereocenters. The third-order valence-electron chi connectivity index (χ3n) is 2.68. The van der Waals surface area contributed by atoms with Gasteiger partial charge in [-0.3, -0.25) is 4.98 Å². The van der Waals surface area contributed by atoms with Crippen molar-refractivity contribution in [3.05, 3.63) is 28.1 Å². The SMILES string of the molecule is CCc1c(C)nc(C)c(C)c1C. The number of aromatic nitrogens is 1. The van der Waals surface area contributed by atoms with E-state index in [0.29, 0.717) is 0 Å². The predicted molar refractivity (Wildman–Crippen MR) is 52.6 cm³/mol. The topological polar surface area (TPSA) is 12.9 Å². The van der Waals surface area contributed by atoms with Gasteiger partial charge in [-0.15, -0.1) is 0 Å². The van der Waals surface area contributed by atoms with Crippen LogP contribution in [0, 0.1) is 27.7 Å². The fourth-order valence-corrected chi connectivity index (χ4v) is 1.69. The smallest absolute Gasteiger partial charge is 0.0410 e. The summed E-state index contributed by atoms with van der Waals surface area (Å²) in [5.41, 5.74) is 6.54. The van der Waals surface area contributed by atoms with Gasteiger partial charge in [-0.05, 0) is 50.8 Å². The lowest BCUT2D eigenvalue weighted by atomic mass is 9.99. The summed E-state index contributed by atoms with van der Waals surface area (Å²) in [6.45, 7) is 10.7. The summed E-state index contributed by atoms with van der Waals surface area (Å²) >= 11 is 0. The monoisotopic (exact) mass is 163 g/mol. The minimum atomic E-state index is 1.09. The second-order valence-electron chi connectivity index (χ2n) is 3.36. The molecule has 0 radical (unpaired) electrons. The molecule has 0 fully saturated rings. The van der Waals surface area contributed by atoms with Crippen LogP contribution in [0.25, 0.3) is 0 Å². The van der Waals surface area contributed by atoms with Crippen LogP contribution in [0.3, 0.4) is 0 Å². The van der Waals surface area contributed by atoms with E-state index < -0.39 is 0 Å². The molecule has 0 atom stereocenters. The van der Waals surface area contributed by atoms with Crippen LogP contribution >= 0.6 is 0 Å². The molecular weight excluding hydrogens is 146 g/mol. The first-order chi connectivity index (χ1) is 5.57. The third kappa shape index (κ3) is 1.36. The van der Waals surface area contributed by atoms with Crippen molar-refractivity contribution in [3.63, 3.8) is 0 Å². The summed E-state index contributed by atoms with van der Waals surface area (Å²) in [5.74, 6) is 0. The van der Waals surface area contributed by atoms with Crippen molar-refractivity contribution in [1.29, 1.82) is 0 Å². The second-order valence-corrected chi connectivity index (χ2v) is 3.36. The van der Waals surface area contributed by atoms with Crippen molar-refractivity contribution in [2.24, 2.45) is 0 Å². The van der Waals surface area contributed by atoms with Gasteiger partial charge in [-0.2, -0.15) is 0 Å². The Morgan fingerprint density at radius 1 is 0.917 bits per heavy atom. The highest BCUT2D eigenvalue weighted by Crippen LogP contribution is 2.18. The highest BCUT2D eigenvalue weighted by molar-refractivity contribution is 5.37. The zero-order chi connectivity index (χ0) is 9.30. The third-order valence-corrected chi connectivity index (χ3v) is 2.68. The van der Waals surface area contributed by atoms with Crippen LogP contribution in [-0.4, -0.2) is 4.98 Å².